The maximum Gasteiger partial charge on any atom is 0.103 e. The number of rotatable bonds is 2. The van der Waals surface area contributed by atoms with E-state index in [9.17, 15) is 0 Å². The topological polar surface area (TPSA) is 28.7 Å². The summed E-state index contributed by atoms with van der Waals surface area (Å²) in [6.45, 7) is 1.98. The van der Waals surface area contributed by atoms with Crippen molar-refractivity contribution in [1.29, 1.82) is 0 Å². The number of H-pyrrole nitrogens is 1. The lowest BCUT2D eigenvalue weighted by Gasteiger charge is -2.23. The smallest absolute Gasteiger partial charge is 0.103 e. The van der Waals surface area contributed by atoms with Gasteiger partial charge in [0.05, 0.1) is 5.69 Å². The lowest BCUT2D eigenvalue weighted by molar-refractivity contribution is 0.367. The van der Waals surface area contributed by atoms with Gasteiger partial charge in [-0.25, -0.2) is 4.98 Å². The molecule has 1 saturated carbocycles. The summed E-state index contributed by atoms with van der Waals surface area (Å²) >= 11 is 0. The minimum absolute atomic E-state index is 0.803. The fraction of sp³-hybridized carbons (Fsp3) is 0.556. The van der Waals surface area contributed by atoms with Crippen LogP contribution in [0.4, 0.5) is 0 Å². The summed E-state index contributed by atoms with van der Waals surface area (Å²) < 4.78 is 0. The summed E-state index contributed by atoms with van der Waals surface area (Å²) in [5.41, 5.74) is 1.12. The number of hydrogen-bond acceptors (Lipinski definition) is 1. The van der Waals surface area contributed by atoms with E-state index in [1.165, 1.54) is 19.3 Å². The average Bonchev–Trinajstić information content (AvgIpc) is 2.27. The molecule has 0 bridgehead atoms. The number of aryl methyl sites for hydroxylation is 1. The highest BCUT2D eigenvalue weighted by Crippen LogP contribution is 2.30. The first-order valence-corrected chi connectivity index (χ1v) is 4.21. The van der Waals surface area contributed by atoms with Crippen LogP contribution in [0.25, 0.3) is 0 Å². The monoisotopic (exact) mass is 149 g/mol. The number of nitrogens with zero attached hydrogens (tertiary/aromatic N) is 1. The van der Waals surface area contributed by atoms with Gasteiger partial charge in [-0.05, 0) is 25.7 Å². The molecule has 1 fully saturated rings. The highest BCUT2D eigenvalue weighted by Gasteiger charge is 2.18. The Kier molecular flexibility index (Phi) is 1.68. The van der Waals surface area contributed by atoms with Crippen molar-refractivity contribution in [2.24, 2.45) is 5.92 Å². The minimum Gasteiger partial charge on any atom is -0.349 e. The Balaban J connectivity index is 1.95. The standard InChI is InChI=1S/C9H13N2/c1-7-10-6-9(11-7)5-8-3-2-4-8/h5-6,8H,2-4H2,1H3,(H,10,11). The summed E-state index contributed by atoms with van der Waals surface area (Å²) in [4.78, 5) is 7.40. The van der Waals surface area contributed by atoms with Gasteiger partial charge in [-0.15, -0.1) is 0 Å². The van der Waals surface area contributed by atoms with Crippen molar-refractivity contribution in [2.45, 2.75) is 26.2 Å². The van der Waals surface area contributed by atoms with Crippen LogP contribution in [-0.2, 0) is 0 Å². The van der Waals surface area contributed by atoms with E-state index in [2.05, 4.69) is 16.4 Å². The second-order valence-corrected chi connectivity index (χ2v) is 3.27. The van der Waals surface area contributed by atoms with E-state index in [0.717, 1.165) is 17.4 Å². The molecule has 0 spiro atoms. The van der Waals surface area contributed by atoms with Gasteiger partial charge in [-0.3, -0.25) is 0 Å². The molecular weight excluding hydrogens is 136 g/mol. The van der Waals surface area contributed by atoms with Crippen molar-refractivity contribution < 1.29 is 0 Å². The third-order valence-corrected chi connectivity index (χ3v) is 2.28. The Hall–Kier alpha value is -0.790. The van der Waals surface area contributed by atoms with Crippen LogP contribution in [0.3, 0.4) is 0 Å². The molecule has 2 rings (SSSR count). The van der Waals surface area contributed by atoms with E-state index >= 15 is 0 Å². The Morgan fingerprint density at radius 3 is 2.91 bits per heavy atom. The molecule has 1 N–H and O–H groups in total. The van der Waals surface area contributed by atoms with E-state index in [-0.39, 0.29) is 0 Å². The number of hydrogen-bond donors (Lipinski definition) is 1. The van der Waals surface area contributed by atoms with Gasteiger partial charge < -0.3 is 4.98 Å². The number of nitrogens with one attached hydrogen (secondary N) is 1. The molecule has 1 aliphatic carbocycles. The molecule has 0 unspecified atom stereocenters. The van der Waals surface area contributed by atoms with Crippen LogP contribution >= 0.6 is 0 Å². The van der Waals surface area contributed by atoms with Gasteiger partial charge in [-0.1, -0.05) is 6.42 Å². The molecule has 0 saturated heterocycles. The molecule has 0 amide bonds. The van der Waals surface area contributed by atoms with Gasteiger partial charge in [0.1, 0.15) is 5.82 Å². The molecular formula is C9H13N2. The summed E-state index contributed by atoms with van der Waals surface area (Å²) in [7, 11) is 0. The van der Waals surface area contributed by atoms with E-state index < -0.39 is 0 Å². The average molecular weight is 149 g/mol. The maximum atomic E-state index is 4.32. The van der Waals surface area contributed by atoms with Crippen LogP contribution < -0.4 is 0 Å². The van der Waals surface area contributed by atoms with Crippen molar-refractivity contribution in [1.82, 2.24) is 9.97 Å². The lowest BCUT2D eigenvalue weighted by Crippen LogP contribution is -2.11. The quantitative estimate of drug-likeness (QED) is 0.685. The van der Waals surface area contributed by atoms with Crippen LogP contribution in [0, 0.1) is 19.3 Å². The van der Waals surface area contributed by atoms with Crippen LogP contribution in [0.5, 0.6) is 0 Å². The molecule has 59 valence electrons. The van der Waals surface area contributed by atoms with Gasteiger partial charge in [0.15, 0.2) is 0 Å². The highest BCUT2D eigenvalue weighted by atomic mass is 14.9. The normalized spacial score (nSPS) is 18.3. The third kappa shape index (κ3) is 1.44. The van der Waals surface area contributed by atoms with E-state index in [4.69, 9.17) is 0 Å². The highest BCUT2D eigenvalue weighted by molar-refractivity contribution is 5.13. The molecule has 2 heteroatoms. The Labute approximate surface area is 67.0 Å². The summed E-state index contributed by atoms with van der Waals surface area (Å²) in [5, 5.41) is 0. The molecule has 1 heterocycles. The molecule has 1 aromatic heterocycles. The zero-order valence-corrected chi connectivity index (χ0v) is 6.80. The van der Waals surface area contributed by atoms with Crippen molar-refractivity contribution in [2.75, 3.05) is 0 Å². The van der Waals surface area contributed by atoms with Gasteiger partial charge in [0.25, 0.3) is 0 Å². The molecule has 2 nitrogen and oxygen atoms in total. The lowest BCUT2D eigenvalue weighted by atomic mass is 9.82. The van der Waals surface area contributed by atoms with E-state index in [0.29, 0.717) is 0 Å². The first-order chi connectivity index (χ1) is 5.34. The summed E-state index contributed by atoms with van der Waals surface area (Å²) in [5.74, 6) is 1.81. The van der Waals surface area contributed by atoms with E-state index in [1.54, 1.807) is 0 Å². The maximum absolute atomic E-state index is 4.32. The van der Waals surface area contributed by atoms with Crippen LogP contribution in [0.2, 0.25) is 0 Å². The predicted molar refractivity (Wildman–Crippen MR) is 44.1 cm³/mol. The third-order valence-electron chi connectivity index (χ3n) is 2.28. The van der Waals surface area contributed by atoms with E-state index in [1.807, 2.05) is 13.1 Å². The number of imidazole rings is 1. The molecule has 1 radical (unpaired) electrons. The fourth-order valence-electron chi connectivity index (χ4n) is 1.37. The number of aromatic amines is 1. The fourth-order valence-corrected chi connectivity index (χ4v) is 1.37. The molecule has 1 aromatic rings. The minimum atomic E-state index is 0.803. The van der Waals surface area contributed by atoms with Crippen molar-refractivity contribution in [3.05, 3.63) is 24.1 Å². The zero-order valence-electron chi connectivity index (χ0n) is 6.80. The Morgan fingerprint density at radius 2 is 2.45 bits per heavy atom. The summed E-state index contributed by atoms with van der Waals surface area (Å²) in [6.07, 6.45) is 8.35. The largest absolute Gasteiger partial charge is 0.349 e. The zero-order chi connectivity index (χ0) is 7.68. The Bertz CT molecular complexity index is 235. The van der Waals surface area contributed by atoms with Crippen molar-refractivity contribution in [3.63, 3.8) is 0 Å². The molecule has 11 heavy (non-hydrogen) atoms. The second kappa shape index (κ2) is 2.68. The van der Waals surface area contributed by atoms with Crippen LogP contribution in [-0.4, -0.2) is 9.97 Å². The predicted octanol–water partition coefficient (Wildman–Crippen LogP) is 2.07. The first kappa shape index (κ1) is 6.89. The number of aromatic nitrogens is 2. The van der Waals surface area contributed by atoms with Gasteiger partial charge in [0.2, 0.25) is 0 Å². The van der Waals surface area contributed by atoms with Gasteiger partial charge >= 0.3 is 0 Å². The summed E-state index contributed by atoms with van der Waals surface area (Å²) in [6, 6.07) is 0. The first-order valence-electron chi connectivity index (χ1n) is 4.21. The molecule has 1 aliphatic rings. The molecule has 0 atom stereocenters. The molecule has 0 aliphatic heterocycles. The molecule has 0 aromatic carbocycles. The van der Waals surface area contributed by atoms with Gasteiger partial charge in [0, 0.05) is 12.6 Å². The van der Waals surface area contributed by atoms with Crippen LogP contribution in [0.1, 0.15) is 30.8 Å². The SMILES string of the molecule is Cc1nc([CH]C2CCC2)c[nH]1. The second-order valence-electron chi connectivity index (χ2n) is 3.27. The van der Waals surface area contributed by atoms with Crippen molar-refractivity contribution in [3.8, 4) is 0 Å². The van der Waals surface area contributed by atoms with Crippen LogP contribution in [0.15, 0.2) is 6.20 Å². The van der Waals surface area contributed by atoms with Gasteiger partial charge in [-0.2, -0.15) is 0 Å². The Morgan fingerprint density at radius 1 is 1.64 bits per heavy atom. The van der Waals surface area contributed by atoms with Crippen molar-refractivity contribution >= 4 is 0 Å².